The molecule has 1 aromatic rings. The molecule has 2 N–H and O–H groups in total. The minimum absolute atomic E-state index is 0.0694. The Morgan fingerprint density at radius 3 is 2.56 bits per heavy atom. The molecular formula is C14H24N2O2. The summed E-state index contributed by atoms with van der Waals surface area (Å²) in [4.78, 5) is 2.08. The van der Waals surface area contributed by atoms with Crippen molar-refractivity contribution >= 4 is 5.69 Å². The summed E-state index contributed by atoms with van der Waals surface area (Å²) in [5, 5.41) is 12.5. The van der Waals surface area contributed by atoms with Gasteiger partial charge in [0.1, 0.15) is 5.75 Å². The molecule has 0 saturated heterocycles. The van der Waals surface area contributed by atoms with Gasteiger partial charge in [0, 0.05) is 30.4 Å². The van der Waals surface area contributed by atoms with Crippen LogP contribution in [-0.4, -0.2) is 39.0 Å². The number of benzene rings is 1. The van der Waals surface area contributed by atoms with E-state index >= 15 is 0 Å². The molecule has 0 fully saturated rings. The fourth-order valence-corrected chi connectivity index (χ4v) is 1.96. The molecule has 0 spiro atoms. The van der Waals surface area contributed by atoms with Crippen LogP contribution >= 0.6 is 0 Å². The van der Waals surface area contributed by atoms with Crippen molar-refractivity contribution in [2.45, 2.75) is 25.9 Å². The maximum Gasteiger partial charge on any atom is 0.125 e. The van der Waals surface area contributed by atoms with Crippen LogP contribution < -0.4 is 15.0 Å². The van der Waals surface area contributed by atoms with Crippen molar-refractivity contribution in [1.29, 1.82) is 0 Å². The molecule has 102 valence electrons. The van der Waals surface area contributed by atoms with Crippen molar-refractivity contribution in [3.05, 3.63) is 23.8 Å². The maximum absolute atomic E-state index is 9.29. The number of rotatable bonds is 6. The number of likely N-dealkylation sites (N-methyl/N-ethyl adjacent to an activating group) is 1. The predicted octanol–water partition coefficient (Wildman–Crippen LogP) is 1.79. The van der Waals surface area contributed by atoms with E-state index in [2.05, 4.69) is 23.2 Å². The lowest BCUT2D eigenvalue weighted by Gasteiger charge is -2.30. The van der Waals surface area contributed by atoms with Crippen molar-refractivity contribution in [2.75, 3.05) is 32.7 Å². The molecule has 18 heavy (non-hydrogen) atoms. The Morgan fingerprint density at radius 2 is 2.06 bits per heavy atom. The highest BCUT2D eigenvalue weighted by Crippen LogP contribution is 2.34. The van der Waals surface area contributed by atoms with Gasteiger partial charge in [0.25, 0.3) is 0 Å². The third-order valence-corrected chi connectivity index (χ3v) is 3.43. The van der Waals surface area contributed by atoms with E-state index in [4.69, 9.17) is 4.74 Å². The Kier molecular flexibility index (Phi) is 5.44. The highest BCUT2D eigenvalue weighted by molar-refractivity contribution is 5.61. The van der Waals surface area contributed by atoms with E-state index in [0.29, 0.717) is 0 Å². The number of nitrogens with zero attached hydrogens (tertiary/aromatic N) is 1. The Labute approximate surface area is 110 Å². The molecule has 2 atom stereocenters. The number of methoxy groups -OCH3 is 1. The maximum atomic E-state index is 9.29. The van der Waals surface area contributed by atoms with Crippen molar-refractivity contribution in [3.8, 4) is 5.75 Å². The van der Waals surface area contributed by atoms with Gasteiger partial charge in [0.2, 0.25) is 0 Å². The third kappa shape index (κ3) is 2.94. The molecule has 4 heteroatoms. The van der Waals surface area contributed by atoms with Crippen LogP contribution in [0.3, 0.4) is 0 Å². The predicted molar refractivity (Wildman–Crippen MR) is 75.4 cm³/mol. The van der Waals surface area contributed by atoms with Crippen molar-refractivity contribution < 1.29 is 9.84 Å². The summed E-state index contributed by atoms with van der Waals surface area (Å²) in [6.07, 6.45) is 0. The SMILES string of the molecule is CNC(C)c1c(OC)cccc1N(C)C(C)CO. The molecular weight excluding hydrogens is 228 g/mol. The van der Waals surface area contributed by atoms with Gasteiger partial charge in [-0.2, -0.15) is 0 Å². The monoisotopic (exact) mass is 252 g/mol. The van der Waals surface area contributed by atoms with Gasteiger partial charge in [-0.1, -0.05) is 6.07 Å². The molecule has 0 aliphatic rings. The molecule has 0 aliphatic carbocycles. The quantitative estimate of drug-likeness (QED) is 0.810. The van der Waals surface area contributed by atoms with E-state index in [9.17, 15) is 5.11 Å². The van der Waals surface area contributed by atoms with Crippen molar-refractivity contribution in [1.82, 2.24) is 5.32 Å². The van der Waals surface area contributed by atoms with Gasteiger partial charge in [-0.25, -0.2) is 0 Å². The Bertz CT molecular complexity index is 382. The Morgan fingerprint density at radius 1 is 1.39 bits per heavy atom. The molecule has 0 bridgehead atoms. The minimum Gasteiger partial charge on any atom is -0.496 e. The van der Waals surface area contributed by atoms with Crippen LogP contribution in [0.25, 0.3) is 0 Å². The largest absolute Gasteiger partial charge is 0.496 e. The van der Waals surface area contributed by atoms with E-state index < -0.39 is 0 Å². The fourth-order valence-electron chi connectivity index (χ4n) is 1.96. The Hall–Kier alpha value is -1.26. The number of hydrogen-bond donors (Lipinski definition) is 2. The zero-order chi connectivity index (χ0) is 13.7. The van der Waals surface area contributed by atoms with Crippen LogP contribution in [0.1, 0.15) is 25.5 Å². The van der Waals surface area contributed by atoms with Crippen molar-refractivity contribution in [3.63, 3.8) is 0 Å². The van der Waals surface area contributed by atoms with E-state index in [1.165, 1.54) is 0 Å². The Balaban J connectivity index is 3.25. The number of aliphatic hydroxyl groups excluding tert-OH is 1. The van der Waals surface area contributed by atoms with Crippen molar-refractivity contribution in [2.24, 2.45) is 0 Å². The van der Waals surface area contributed by atoms with Crippen LogP contribution in [0.5, 0.6) is 5.75 Å². The zero-order valence-corrected chi connectivity index (χ0v) is 11.9. The topological polar surface area (TPSA) is 44.7 Å². The summed E-state index contributed by atoms with van der Waals surface area (Å²) in [5.74, 6) is 0.867. The van der Waals surface area contributed by atoms with Crippen LogP contribution in [-0.2, 0) is 0 Å². The summed E-state index contributed by atoms with van der Waals surface area (Å²) in [7, 11) is 5.60. The van der Waals surface area contributed by atoms with E-state index in [1.54, 1.807) is 7.11 Å². The van der Waals surface area contributed by atoms with E-state index in [-0.39, 0.29) is 18.7 Å². The molecule has 4 nitrogen and oxygen atoms in total. The average Bonchev–Trinajstić information content (AvgIpc) is 2.43. The lowest BCUT2D eigenvalue weighted by molar-refractivity contribution is 0.270. The molecule has 0 heterocycles. The van der Waals surface area contributed by atoms with Gasteiger partial charge in [0.15, 0.2) is 0 Å². The lowest BCUT2D eigenvalue weighted by Crippen LogP contribution is -2.33. The van der Waals surface area contributed by atoms with Crippen LogP contribution in [0.2, 0.25) is 0 Å². The van der Waals surface area contributed by atoms with Gasteiger partial charge >= 0.3 is 0 Å². The first-order valence-electron chi connectivity index (χ1n) is 6.24. The second-order valence-corrected chi connectivity index (χ2v) is 4.55. The molecule has 0 aliphatic heterocycles. The first-order chi connectivity index (χ1) is 8.56. The smallest absolute Gasteiger partial charge is 0.125 e. The number of aliphatic hydroxyl groups is 1. The summed E-state index contributed by atoms with van der Waals surface area (Å²) >= 11 is 0. The third-order valence-electron chi connectivity index (χ3n) is 3.43. The summed E-state index contributed by atoms with van der Waals surface area (Å²) in [6.45, 7) is 4.22. The first kappa shape index (κ1) is 14.8. The molecule has 1 aromatic carbocycles. The second kappa shape index (κ2) is 6.61. The van der Waals surface area contributed by atoms with Gasteiger partial charge < -0.3 is 20.1 Å². The van der Waals surface area contributed by atoms with Gasteiger partial charge in [-0.15, -0.1) is 0 Å². The number of anilines is 1. The molecule has 0 radical (unpaired) electrons. The van der Waals surface area contributed by atoms with Crippen LogP contribution in [0, 0.1) is 0 Å². The highest BCUT2D eigenvalue weighted by atomic mass is 16.5. The number of ether oxygens (including phenoxy) is 1. The summed E-state index contributed by atoms with van der Waals surface area (Å²) in [6, 6.07) is 6.24. The van der Waals surface area contributed by atoms with E-state index in [1.807, 2.05) is 33.2 Å². The van der Waals surface area contributed by atoms with Gasteiger partial charge in [-0.3, -0.25) is 0 Å². The van der Waals surface area contributed by atoms with Gasteiger partial charge in [0.05, 0.1) is 13.7 Å². The minimum atomic E-state index is 0.0694. The summed E-state index contributed by atoms with van der Waals surface area (Å²) < 4.78 is 5.44. The van der Waals surface area contributed by atoms with Crippen LogP contribution in [0.15, 0.2) is 18.2 Å². The number of nitrogens with one attached hydrogen (secondary N) is 1. The van der Waals surface area contributed by atoms with Crippen LogP contribution in [0.4, 0.5) is 5.69 Å². The fraction of sp³-hybridized carbons (Fsp3) is 0.571. The second-order valence-electron chi connectivity index (χ2n) is 4.55. The molecule has 0 aromatic heterocycles. The average molecular weight is 252 g/mol. The molecule has 2 unspecified atom stereocenters. The normalized spacial score (nSPS) is 14.1. The van der Waals surface area contributed by atoms with Gasteiger partial charge in [-0.05, 0) is 33.0 Å². The lowest BCUT2D eigenvalue weighted by atomic mass is 10.0. The van der Waals surface area contributed by atoms with E-state index in [0.717, 1.165) is 17.0 Å². The summed E-state index contributed by atoms with van der Waals surface area (Å²) in [5.41, 5.74) is 2.20. The number of hydrogen-bond acceptors (Lipinski definition) is 4. The highest BCUT2D eigenvalue weighted by Gasteiger charge is 2.19. The molecule has 0 amide bonds. The zero-order valence-electron chi connectivity index (χ0n) is 11.9. The standard InChI is InChI=1S/C14H24N2O2/c1-10(9-17)16(4)12-7-6-8-13(18-5)14(12)11(2)15-3/h6-8,10-11,15,17H,9H2,1-5H3. The molecule has 0 saturated carbocycles. The molecule has 1 rings (SSSR count). The first-order valence-corrected chi connectivity index (χ1v) is 6.24.